The second-order valence-corrected chi connectivity index (χ2v) is 5.87. The number of unbranched alkanes of at least 4 members (excludes halogenated alkanes) is 3. The van der Waals surface area contributed by atoms with Gasteiger partial charge < -0.3 is 14.8 Å². The number of rotatable bonds is 10. The van der Waals surface area contributed by atoms with Crippen molar-refractivity contribution in [1.82, 2.24) is 5.32 Å². The molecule has 0 saturated carbocycles. The molecule has 1 aromatic rings. The number of carbonyl (C=O) groups is 2. The molecule has 142 valence electrons. The van der Waals surface area contributed by atoms with E-state index in [0.29, 0.717) is 6.61 Å². The summed E-state index contributed by atoms with van der Waals surface area (Å²) < 4.78 is 10.4. The molecule has 0 fully saturated rings. The van der Waals surface area contributed by atoms with Crippen LogP contribution in [0, 0.1) is 0 Å². The monoisotopic (exact) mass is 378 g/mol. The predicted octanol–water partition coefficient (Wildman–Crippen LogP) is 3.58. The van der Waals surface area contributed by atoms with Crippen LogP contribution in [-0.2, 0) is 14.3 Å². The third kappa shape index (κ3) is 9.78. The van der Waals surface area contributed by atoms with E-state index in [0.717, 1.165) is 30.0 Å². The summed E-state index contributed by atoms with van der Waals surface area (Å²) in [7, 11) is 0. The topological polar surface area (TPSA) is 76.7 Å². The minimum Gasteiger partial charge on any atom is -0.494 e. The lowest BCUT2D eigenvalue weighted by molar-refractivity contribution is -0.137. The smallest absolute Gasteiger partial charge is 0.330 e. The summed E-state index contributed by atoms with van der Waals surface area (Å²) in [6, 6.07) is 7.31. The van der Waals surface area contributed by atoms with Gasteiger partial charge in [-0.25, -0.2) is 4.79 Å². The predicted molar refractivity (Wildman–Crippen MR) is 106 cm³/mol. The van der Waals surface area contributed by atoms with Gasteiger partial charge in [0.2, 0.25) is 5.91 Å². The zero-order valence-corrected chi connectivity index (χ0v) is 16.1. The van der Waals surface area contributed by atoms with Crippen molar-refractivity contribution in [3.05, 3.63) is 36.4 Å². The van der Waals surface area contributed by atoms with Gasteiger partial charge in [-0.1, -0.05) is 26.2 Å². The third-order valence-electron chi connectivity index (χ3n) is 3.27. The van der Waals surface area contributed by atoms with Crippen molar-refractivity contribution in [1.29, 1.82) is 0 Å². The lowest BCUT2D eigenvalue weighted by Crippen LogP contribution is -2.32. The first kappa shape index (κ1) is 21.6. The van der Waals surface area contributed by atoms with Crippen LogP contribution >= 0.6 is 12.2 Å². The Hall–Kier alpha value is -2.41. The number of hydrogen-bond donors (Lipinski definition) is 2. The van der Waals surface area contributed by atoms with Crippen molar-refractivity contribution in [3.63, 3.8) is 0 Å². The Morgan fingerprint density at radius 1 is 1.08 bits per heavy atom. The largest absolute Gasteiger partial charge is 0.494 e. The molecule has 1 rings (SSSR count). The molecule has 0 spiro atoms. The maximum Gasteiger partial charge on any atom is 0.330 e. The van der Waals surface area contributed by atoms with Gasteiger partial charge in [-0.2, -0.15) is 0 Å². The van der Waals surface area contributed by atoms with Gasteiger partial charge >= 0.3 is 5.97 Å². The van der Waals surface area contributed by atoms with E-state index in [1.54, 1.807) is 6.92 Å². The van der Waals surface area contributed by atoms with E-state index < -0.39 is 11.9 Å². The lowest BCUT2D eigenvalue weighted by atomic mass is 10.2. The van der Waals surface area contributed by atoms with E-state index in [-0.39, 0.29) is 11.7 Å². The molecule has 0 aliphatic rings. The van der Waals surface area contributed by atoms with Gasteiger partial charge in [0, 0.05) is 17.8 Å². The average Bonchev–Trinajstić information content (AvgIpc) is 2.61. The molecule has 26 heavy (non-hydrogen) atoms. The Balaban J connectivity index is 2.35. The Labute approximate surface area is 159 Å². The highest BCUT2D eigenvalue weighted by Crippen LogP contribution is 2.16. The molecule has 0 aliphatic carbocycles. The zero-order chi connectivity index (χ0) is 19.2. The molecule has 1 aromatic carbocycles. The molecule has 0 aliphatic heterocycles. The van der Waals surface area contributed by atoms with E-state index in [4.69, 9.17) is 17.0 Å². The summed E-state index contributed by atoms with van der Waals surface area (Å²) in [5.74, 6) is -0.297. The highest BCUT2D eigenvalue weighted by Gasteiger charge is 2.03. The Morgan fingerprint density at radius 2 is 1.81 bits per heavy atom. The lowest BCUT2D eigenvalue weighted by Gasteiger charge is -2.10. The fraction of sp³-hybridized carbons (Fsp3) is 0.421. The van der Waals surface area contributed by atoms with Crippen LogP contribution in [0.1, 0.15) is 39.5 Å². The van der Waals surface area contributed by atoms with Crippen LogP contribution in [0.2, 0.25) is 0 Å². The standard InChI is InChI=1S/C19H26N2O4S/c1-3-5-6-7-14-25-16-10-8-15(9-11-16)20-19(26)21-17(22)12-13-18(23)24-4-2/h8-13H,3-7,14H2,1-2H3,(H2,20,21,22,26). The van der Waals surface area contributed by atoms with Crippen LogP contribution in [0.3, 0.4) is 0 Å². The van der Waals surface area contributed by atoms with Crippen molar-refractivity contribution in [2.45, 2.75) is 39.5 Å². The number of thiocarbonyl (C=S) groups is 1. The molecule has 0 saturated heterocycles. The molecule has 6 nitrogen and oxygen atoms in total. The number of nitrogens with one attached hydrogen (secondary N) is 2. The highest BCUT2D eigenvalue weighted by molar-refractivity contribution is 7.80. The quantitative estimate of drug-likeness (QED) is 0.280. The van der Waals surface area contributed by atoms with Crippen molar-refractivity contribution in [3.8, 4) is 5.75 Å². The first-order chi connectivity index (χ1) is 12.5. The number of ether oxygens (including phenoxy) is 2. The fourth-order valence-corrected chi connectivity index (χ4v) is 2.22. The van der Waals surface area contributed by atoms with E-state index >= 15 is 0 Å². The molecular weight excluding hydrogens is 352 g/mol. The first-order valence-electron chi connectivity index (χ1n) is 8.74. The Morgan fingerprint density at radius 3 is 2.46 bits per heavy atom. The second-order valence-electron chi connectivity index (χ2n) is 5.46. The van der Waals surface area contributed by atoms with Crippen molar-refractivity contribution >= 4 is 34.9 Å². The summed E-state index contributed by atoms with van der Waals surface area (Å²) in [6.45, 7) is 4.82. The van der Waals surface area contributed by atoms with Crippen LogP contribution in [0.15, 0.2) is 36.4 Å². The van der Waals surface area contributed by atoms with E-state index in [9.17, 15) is 9.59 Å². The van der Waals surface area contributed by atoms with Crippen LogP contribution in [0.4, 0.5) is 5.69 Å². The van der Waals surface area contributed by atoms with Crippen molar-refractivity contribution in [2.24, 2.45) is 0 Å². The van der Waals surface area contributed by atoms with Gasteiger partial charge in [-0.3, -0.25) is 10.1 Å². The Kier molecular flexibility index (Phi) is 10.7. The number of hydrogen-bond acceptors (Lipinski definition) is 5. The van der Waals surface area contributed by atoms with Gasteiger partial charge in [-0.05, 0) is 49.8 Å². The maximum absolute atomic E-state index is 11.6. The zero-order valence-electron chi connectivity index (χ0n) is 15.2. The molecule has 0 unspecified atom stereocenters. The van der Waals surface area contributed by atoms with Crippen LogP contribution in [-0.4, -0.2) is 30.2 Å². The van der Waals surface area contributed by atoms with Crippen molar-refractivity contribution < 1.29 is 19.1 Å². The number of esters is 1. The van der Waals surface area contributed by atoms with E-state index in [1.165, 1.54) is 19.3 Å². The minimum atomic E-state index is -0.577. The van der Waals surface area contributed by atoms with E-state index in [2.05, 4.69) is 22.3 Å². The van der Waals surface area contributed by atoms with Crippen molar-refractivity contribution in [2.75, 3.05) is 18.5 Å². The summed E-state index contributed by atoms with van der Waals surface area (Å²) in [4.78, 5) is 22.8. The van der Waals surface area contributed by atoms with Gasteiger partial charge in [0.15, 0.2) is 5.11 Å². The first-order valence-corrected chi connectivity index (χ1v) is 9.15. The van der Waals surface area contributed by atoms with Gasteiger partial charge in [0.25, 0.3) is 0 Å². The SMILES string of the molecule is CCCCCCOc1ccc(NC(=S)NC(=O)C=CC(=O)OCC)cc1. The molecule has 7 heteroatoms. The van der Waals surface area contributed by atoms with Crippen LogP contribution in [0.25, 0.3) is 0 Å². The second kappa shape index (κ2) is 12.9. The summed E-state index contributed by atoms with van der Waals surface area (Å²) in [6.07, 6.45) is 6.77. The average molecular weight is 378 g/mol. The number of benzene rings is 1. The Bertz CT molecular complexity index is 614. The maximum atomic E-state index is 11.6. The molecule has 0 heterocycles. The molecule has 0 atom stereocenters. The molecular formula is C19H26N2O4S. The van der Waals surface area contributed by atoms with E-state index in [1.807, 2.05) is 24.3 Å². The fourth-order valence-electron chi connectivity index (χ4n) is 2.00. The van der Waals surface area contributed by atoms with Gasteiger partial charge in [0.05, 0.1) is 13.2 Å². The molecule has 0 aromatic heterocycles. The normalized spacial score (nSPS) is 10.4. The van der Waals surface area contributed by atoms with Crippen LogP contribution < -0.4 is 15.4 Å². The highest BCUT2D eigenvalue weighted by atomic mass is 32.1. The summed E-state index contributed by atoms with van der Waals surface area (Å²) >= 11 is 5.06. The third-order valence-corrected chi connectivity index (χ3v) is 3.48. The molecule has 0 bridgehead atoms. The van der Waals surface area contributed by atoms with Crippen LogP contribution in [0.5, 0.6) is 5.75 Å². The number of amides is 1. The molecule has 1 amide bonds. The molecule has 2 N–H and O–H groups in total. The minimum absolute atomic E-state index is 0.136. The van der Waals surface area contributed by atoms with Gasteiger partial charge in [-0.15, -0.1) is 0 Å². The van der Waals surface area contributed by atoms with Gasteiger partial charge in [0.1, 0.15) is 5.75 Å². The number of anilines is 1. The molecule has 0 radical (unpaired) electrons. The summed E-state index contributed by atoms with van der Waals surface area (Å²) in [5, 5.41) is 5.48. The number of carbonyl (C=O) groups excluding carboxylic acids is 2. The summed E-state index contributed by atoms with van der Waals surface area (Å²) in [5.41, 5.74) is 0.725.